The molecule has 3 aromatic rings. The molecule has 0 saturated carbocycles. The third-order valence-electron chi connectivity index (χ3n) is 4.34. The summed E-state index contributed by atoms with van der Waals surface area (Å²) in [7, 11) is 0. The summed E-state index contributed by atoms with van der Waals surface area (Å²) in [5.74, 6) is 0.378. The molecule has 2 heterocycles. The van der Waals surface area contributed by atoms with E-state index in [2.05, 4.69) is 47.3 Å². The van der Waals surface area contributed by atoms with E-state index >= 15 is 0 Å². The highest BCUT2D eigenvalue weighted by Gasteiger charge is 2.11. The third-order valence-corrected chi connectivity index (χ3v) is 5.38. The van der Waals surface area contributed by atoms with Crippen LogP contribution in [0.4, 0.5) is 5.82 Å². The molecule has 0 aliphatic carbocycles. The van der Waals surface area contributed by atoms with Crippen molar-refractivity contribution in [2.24, 2.45) is 0 Å². The third kappa shape index (κ3) is 4.39. The summed E-state index contributed by atoms with van der Waals surface area (Å²) in [4.78, 5) is 17.1. The lowest BCUT2D eigenvalue weighted by molar-refractivity contribution is 0.102. The fourth-order valence-electron chi connectivity index (χ4n) is 2.75. The van der Waals surface area contributed by atoms with Crippen molar-refractivity contribution in [3.05, 3.63) is 58.5 Å². The lowest BCUT2D eigenvalue weighted by Gasteiger charge is -2.17. The van der Waals surface area contributed by atoms with Crippen molar-refractivity contribution in [3.8, 4) is 10.6 Å². The Bertz CT molecular complexity index is 862. The second-order valence-electron chi connectivity index (χ2n) is 6.19. The lowest BCUT2D eigenvalue weighted by Crippen LogP contribution is -2.22. The van der Waals surface area contributed by atoms with Crippen LogP contribution in [0, 0.1) is 6.92 Å². The monoisotopic (exact) mass is 368 g/mol. The van der Waals surface area contributed by atoms with Crippen molar-refractivity contribution in [2.75, 3.05) is 18.4 Å². The lowest BCUT2D eigenvalue weighted by atomic mass is 10.1. The first-order valence-electron chi connectivity index (χ1n) is 8.84. The molecule has 0 radical (unpaired) electrons. The molecule has 0 bridgehead atoms. The minimum Gasteiger partial charge on any atom is -0.305 e. The standard InChI is InChI=1S/C20H24N4OS/c1-4-24(5-2)13-15-7-9-16(10-8-15)20(25)21-19-12-17(22-23-19)18-11-6-14(3)26-18/h6-12H,4-5,13H2,1-3H3,(H2,21,22,23,25). The van der Waals surface area contributed by atoms with Crippen molar-refractivity contribution >= 4 is 23.1 Å². The average Bonchev–Trinajstić information content (AvgIpc) is 3.29. The predicted molar refractivity (Wildman–Crippen MR) is 108 cm³/mol. The highest BCUT2D eigenvalue weighted by atomic mass is 32.1. The van der Waals surface area contributed by atoms with E-state index in [0.717, 1.165) is 30.2 Å². The number of aromatic amines is 1. The number of benzene rings is 1. The smallest absolute Gasteiger partial charge is 0.256 e. The topological polar surface area (TPSA) is 61.0 Å². The van der Waals surface area contributed by atoms with Crippen LogP contribution in [-0.4, -0.2) is 34.1 Å². The van der Waals surface area contributed by atoms with Crippen LogP contribution in [0.5, 0.6) is 0 Å². The number of nitrogens with zero attached hydrogens (tertiary/aromatic N) is 2. The largest absolute Gasteiger partial charge is 0.305 e. The van der Waals surface area contributed by atoms with Gasteiger partial charge >= 0.3 is 0 Å². The van der Waals surface area contributed by atoms with Gasteiger partial charge in [-0.2, -0.15) is 5.10 Å². The van der Waals surface area contributed by atoms with Gasteiger partial charge in [0.2, 0.25) is 0 Å². The summed E-state index contributed by atoms with van der Waals surface area (Å²) in [6, 6.07) is 13.7. The summed E-state index contributed by atoms with van der Waals surface area (Å²) in [6.45, 7) is 9.31. The Balaban J connectivity index is 1.64. The zero-order chi connectivity index (χ0) is 18.5. The molecular formula is C20H24N4OS. The fraction of sp³-hybridized carbons (Fsp3) is 0.300. The highest BCUT2D eigenvalue weighted by molar-refractivity contribution is 7.15. The molecule has 0 aliphatic rings. The summed E-state index contributed by atoms with van der Waals surface area (Å²) < 4.78 is 0. The predicted octanol–water partition coefficient (Wildman–Crippen LogP) is 4.54. The Morgan fingerprint density at radius 3 is 2.50 bits per heavy atom. The Morgan fingerprint density at radius 1 is 1.15 bits per heavy atom. The van der Waals surface area contributed by atoms with Crippen LogP contribution in [0.3, 0.4) is 0 Å². The number of hydrogen-bond donors (Lipinski definition) is 2. The maximum absolute atomic E-state index is 12.4. The molecule has 0 saturated heterocycles. The number of rotatable bonds is 7. The van der Waals surface area contributed by atoms with E-state index in [4.69, 9.17) is 0 Å². The zero-order valence-corrected chi connectivity index (χ0v) is 16.2. The molecule has 0 aliphatic heterocycles. The van der Waals surface area contributed by atoms with Gasteiger partial charge in [-0.3, -0.25) is 14.8 Å². The van der Waals surface area contributed by atoms with E-state index in [0.29, 0.717) is 11.4 Å². The average molecular weight is 369 g/mol. The van der Waals surface area contributed by atoms with Crippen LogP contribution < -0.4 is 5.32 Å². The molecule has 3 rings (SSSR count). The van der Waals surface area contributed by atoms with Gasteiger partial charge in [-0.05, 0) is 49.8 Å². The van der Waals surface area contributed by atoms with Crippen LogP contribution in [-0.2, 0) is 6.54 Å². The minimum atomic E-state index is -0.153. The quantitative estimate of drug-likeness (QED) is 0.643. The number of thiophene rings is 1. The molecule has 136 valence electrons. The fourth-order valence-corrected chi connectivity index (χ4v) is 3.58. The molecule has 0 atom stereocenters. The molecule has 0 unspecified atom stereocenters. The van der Waals surface area contributed by atoms with Gasteiger partial charge in [-0.15, -0.1) is 11.3 Å². The van der Waals surface area contributed by atoms with E-state index in [9.17, 15) is 4.79 Å². The molecule has 26 heavy (non-hydrogen) atoms. The van der Waals surface area contributed by atoms with Gasteiger partial charge in [0.25, 0.3) is 5.91 Å². The summed E-state index contributed by atoms with van der Waals surface area (Å²) in [5.41, 5.74) is 2.75. The Kier molecular flexibility index (Phi) is 5.85. The van der Waals surface area contributed by atoms with Crippen LogP contribution in [0.15, 0.2) is 42.5 Å². The molecule has 2 N–H and O–H groups in total. The molecule has 0 spiro atoms. The van der Waals surface area contributed by atoms with Crippen molar-refractivity contribution in [1.82, 2.24) is 15.1 Å². The number of amides is 1. The second kappa shape index (κ2) is 8.29. The number of carbonyl (C=O) groups excluding carboxylic acids is 1. The maximum Gasteiger partial charge on any atom is 0.256 e. The first kappa shape index (κ1) is 18.4. The number of anilines is 1. The maximum atomic E-state index is 12.4. The van der Waals surface area contributed by atoms with Crippen molar-refractivity contribution in [2.45, 2.75) is 27.3 Å². The molecule has 1 aromatic carbocycles. The van der Waals surface area contributed by atoms with Crippen LogP contribution in [0.1, 0.15) is 34.6 Å². The summed E-state index contributed by atoms with van der Waals surface area (Å²) >= 11 is 1.69. The number of aromatic nitrogens is 2. The van der Waals surface area contributed by atoms with Crippen molar-refractivity contribution in [3.63, 3.8) is 0 Å². The van der Waals surface area contributed by atoms with Gasteiger partial charge < -0.3 is 5.32 Å². The Hall–Kier alpha value is -2.44. The minimum absolute atomic E-state index is 0.153. The van der Waals surface area contributed by atoms with E-state index < -0.39 is 0 Å². The number of H-pyrrole nitrogens is 1. The van der Waals surface area contributed by atoms with E-state index in [1.807, 2.05) is 36.4 Å². The van der Waals surface area contributed by atoms with Gasteiger partial charge in [-0.25, -0.2) is 0 Å². The number of nitrogens with one attached hydrogen (secondary N) is 2. The number of hydrogen-bond acceptors (Lipinski definition) is 4. The van der Waals surface area contributed by atoms with Crippen LogP contribution in [0.25, 0.3) is 10.6 Å². The molecule has 5 nitrogen and oxygen atoms in total. The van der Waals surface area contributed by atoms with Gasteiger partial charge in [-0.1, -0.05) is 26.0 Å². The second-order valence-corrected chi connectivity index (χ2v) is 7.48. The van der Waals surface area contributed by atoms with E-state index in [1.54, 1.807) is 11.3 Å². The Morgan fingerprint density at radius 2 is 1.88 bits per heavy atom. The van der Waals surface area contributed by atoms with E-state index in [-0.39, 0.29) is 5.91 Å². The van der Waals surface area contributed by atoms with Crippen molar-refractivity contribution in [1.29, 1.82) is 0 Å². The van der Waals surface area contributed by atoms with Crippen LogP contribution in [0.2, 0.25) is 0 Å². The molecule has 1 amide bonds. The Labute approximate surface area is 158 Å². The summed E-state index contributed by atoms with van der Waals surface area (Å²) in [6.07, 6.45) is 0. The number of carbonyl (C=O) groups is 1. The first-order chi connectivity index (χ1) is 12.6. The SMILES string of the molecule is CCN(CC)Cc1ccc(C(=O)Nc2cc(-c3ccc(C)s3)[nH]n2)cc1. The summed E-state index contributed by atoms with van der Waals surface area (Å²) in [5, 5.41) is 10.0. The number of aryl methyl sites for hydroxylation is 1. The molecule has 0 fully saturated rings. The van der Waals surface area contributed by atoms with Gasteiger partial charge in [0.05, 0.1) is 10.6 Å². The first-order valence-corrected chi connectivity index (χ1v) is 9.65. The normalized spacial score (nSPS) is 11.1. The van der Waals surface area contributed by atoms with Crippen LogP contribution >= 0.6 is 11.3 Å². The molecule has 2 aromatic heterocycles. The molecule has 6 heteroatoms. The molecular weight excluding hydrogens is 344 g/mol. The zero-order valence-electron chi connectivity index (χ0n) is 15.4. The van der Waals surface area contributed by atoms with Gasteiger partial charge in [0.15, 0.2) is 5.82 Å². The van der Waals surface area contributed by atoms with Gasteiger partial charge in [0.1, 0.15) is 0 Å². The van der Waals surface area contributed by atoms with Crippen molar-refractivity contribution < 1.29 is 4.79 Å². The van der Waals surface area contributed by atoms with E-state index in [1.165, 1.54) is 10.4 Å². The highest BCUT2D eigenvalue weighted by Crippen LogP contribution is 2.27. The van der Waals surface area contributed by atoms with Gasteiger partial charge in [0, 0.05) is 23.1 Å².